The fourth-order valence-corrected chi connectivity index (χ4v) is 3.14. The van der Waals surface area contributed by atoms with Crippen LogP contribution < -0.4 is 0 Å². The Labute approximate surface area is 115 Å². The molecule has 0 amide bonds. The molecule has 2 rings (SSSR count). The lowest BCUT2D eigenvalue weighted by Gasteiger charge is -2.27. The molecule has 4 atom stereocenters. The average Bonchev–Trinajstić information content (AvgIpc) is 2.96. The number of ether oxygens (including phenoxy) is 1. The number of fused-ring (bicyclic) bond motifs is 2. The van der Waals surface area contributed by atoms with Gasteiger partial charge in [0.05, 0.1) is 12.0 Å². The maximum absolute atomic E-state index is 13.8. The Morgan fingerprint density at radius 3 is 2.35 bits per heavy atom. The second kappa shape index (κ2) is 5.66. The molecule has 5 nitrogen and oxygen atoms in total. The molecule has 2 aliphatic rings. The summed E-state index contributed by atoms with van der Waals surface area (Å²) in [6, 6.07) is 0. The van der Waals surface area contributed by atoms with Crippen molar-refractivity contribution in [1.29, 1.82) is 0 Å². The predicted molar refractivity (Wildman–Crippen MR) is 57.6 cm³/mol. The number of esters is 1. The summed E-state index contributed by atoms with van der Waals surface area (Å²) in [5.41, 5.74) is 0. The Balaban J connectivity index is 2.03. The fraction of sp³-hybridized carbons (Fsp3) is 0.900. The van der Waals surface area contributed by atoms with Crippen molar-refractivity contribution in [2.45, 2.75) is 43.0 Å². The van der Waals surface area contributed by atoms with Gasteiger partial charge in [-0.3, -0.25) is 0 Å². The molecular formula is C10H12F4O5S. The minimum atomic E-state index is -5.56. The van der Waals surface area contributed by atoms with E-state index in [1.54, 1.807) is 0 Å². The molecule has 0 spiro atoms. The molecule has 0 aromatic carbocycles. The van der Waals surface area contributed by atoms with E-state index >= 15 is 0 Å². The van der Waals surface area contributed by atoms with Gasteiger partial charge in [-0.15, -0.1) is 4.33 Å². The van der Waals surface area contributed by atoms with Gasteiger partial charge in [0.25, 0.3) is 0 Å². The summed E-state index contributed by atoms with van der Waals surface area (Å²) in [5.74, 6) is -1.78. The molecular weight excluding hydrogens is 308 g/mol. The van der Waals surface area contributed by atoms with Gasteiger partial charge in [0, 0.05) is 0 Å². The third kappa shape index (κ3) is 2.87. The topological polar surface area (TPSA) is 65.0 Å². The van der Waals surface area contributed by atoms with Crippen LogP contribution in [0, 0.1) is 11.8 Å². The maximum atomic E-state index is 13.8. The first-order valence-corrected chi connectivity index (χ1v) is 6.64. The molecule has 2 fully saturated rings. The summed E-state index contributed by atoms with van der Waals surface area (Å²) in [7, 11) is 0. The normalized spacial score (nSPS) is 32.1. The number of hydrogen-bond acceptors (Lipinski definition) is 6. The van der Waals surface area contributed by atoms with Crippen LogP contribution in [0.5, 0.6) is 0 Å². The Hall–Kier alpha value is -0.580. The first kappa shape index (κ1) is 15.8. The van der Waals surface area contributed by atoms with E-state index < -0.39 is 35.3 Å². The Morgan fingerprint density at radius 2 is 1.90 bits per heavy atom. The van der Waals surface area contributed by atoms with Gasteiger partial charge in [-0.2, -0.15) is 13.2 Å². The molecule has 0 saturated heterocycles. The van der Waals surface area contributed by atoms with Gasteiger partial charge in [0.15, 0.2) is 0 Å². The van der Waals surface area contributed by atoms with Crippen LogP contribution in [0.3, 0.4) is 0 Å². The summed E-state index contributed by atoms with van der Waals surface area (Å²) < 4.78 is 59.8. The van der Waals surface area contributed by atoms with Crippen LogP contribution >= 0.6 is 12.0 Å². The summed E-state index contributed by atoms with van der Waals surface area (Å²) in [5, 5.41) is 6.29. The van der Waals surface area contributed by atoms with Crippen molar-refractivity contribution in [2.75, 3.05) is 0 Å². The highest BCUT2D eigenvalue weighted by atomic mass is 32.2. The molecule has 0 aromatic heterocycles. The van der Waals surface area contributed by atoms with Gasteiger partial charge in [0.2, 0.25) is 0 Å². The quantitative estimate of drug-likeness (QED) is 0.276. The second-order valence-corrected chi connectivity index (χ2v) is 5.80. The first-order valence-electron chi connectivity index (χ1n) is 5.90. The molecule has 20 heavy (non-hydrogen) atoms. The van der Waals surface area contributed by atoms with E-state index in [2.05, 4.69) is 14.1 Å². The van der Waals surface area contributed by atoms with Crippen molar-refractivity contribution in [3.05, 3.63) is 0 Å². The molecule has 0 radical (unpaired) electrons. The minimum Gasteiger partial charge on any atom is -0.459 e. The summed E-state index contributed by atoms with van der Waals surface area (Å²) in [6.45, 7) is 0. The standard InChI is InChI=1S/C10H12F4O5S/c11-9(10(12,13)14,20-19-18-16)8(15)17-7-4-5-1-2-6(7)3-5/h5-7,16H,1-4H2. The Bertz CT molecular complexity index is 379. The maximum Gasteiger partial charge on any atom is 0.446 e. The molecule has 0 heterocycles. The zero-order chi connectivity index (χ0) is 15.0. The summed E-state index contributed by atoms with van der Waals surface area (Å²) in [4.78, 5) is 11.5. The molecule has 116 valence electrons. The third-order valence-electron chi connectivity index (χ3n) is 3.74. The van der Waals surface area contributed by atoms with Gasteiger partial charge in [-0.25, -0.2) is 14.4 Å². The van der Waals surface area contributed by atoms with Gasteiger partial charge in [-0.05, 0) is 37.5 Å². The molecule has 1 N–H and O–H groups in total. The van der Waals surface area contributed by atoms with Crippen molar-refractivity contribution < 1.29 is 41.7 Å². The van der Waals surface area contributed by atoms with Gasteiger partial charge in [0.1, 0.15) is 6.10 Å². The highest BCUT2D eigenvalue weighted by molar-refractivity contribution is 7.96. The Morgan fingerprint density at radius 1 is 1.20 bits per heavy atom. The third-order valence-corrected chi connectivity index (χ3v) is 4.49. The summed E-state index contributed by atoms with van der Waals surface area (Å²) >= 11 is -0.996. The zero-order valence-electron chi connectivity index (χ0n) is 10.1. The second-order valence-electron chi connectivity index (χ2n) is 4.94. The molecule has 2 aliphatic carbocycles. The van der Waals surface area contributed by atoms with Gasteiger partial charge >= 0.3 is 17.1 Å². The van der Waals surface area contributed by atoms with Crippen LogP contribution in [-0.2, 0) is 18.9 Å². The lowest BCUT2D eigenvalue weighted by Crippen LogP contribution is -2.48. The van der Waals surface area contributed by atoms with Crippen LogP contribution in [0.1, 0.15) is 25.7 Å². The van der Waals surface area contributed by atoms with E-state index in [9.17, 15) is 22.4 Å². The highest BCUT2D eigenvalue weighted by Gasteiger charge is 2.66. The monoisotopic (exact) mass is 320 g/mol. The largest absolute Gasteiger partial charge is 0.459 e. The lowest BCUT2D eigenvalue weighted by molar-refractivity contribution is -0.433. The van der Waals surface area contributed by atoms with Crippen LogP contribution in [0.25, 0.3) is 0 Å². The molecule has 10 heteroatoms. The number of hydrogen-bond donors (Lipinski definition) is 1. The zero-order valence-corrected chi connectivity index (χ0v) is 10.9. The molecule has 2 saturated carbocycles. The lowest BCUT2D eigenvalue weighted by atomic mass is 9.98. The molecule has 4 unspecified atom stereocenters. The van der Waals surface area contributed by atoms with E-state index in [1.807, 2.05) is 0 Å². The van der Waals surface area contributed by atoms with Crippen molar-refractivity contribution in [3.8, 4) is 0 Å². The minimum absolute atomic E-state index is 0.0126. The molecule has 0 aliphatic heterocycles. The smallest absolute Gasteiger partial charge is 0.446 e. The van der Waals surface area contributed by atoms with Crippen LogP contribution in [0.2, 0.25) is 0 Å². The molecule has 2 bridgehead atoms. The van der Waals surface area contributed by atoms with Crippen LogP contribution in [-0.4, -0.2) is 28.5 Å². The van der Waals surface area contributed by atoms with Crippen LogP contribution in [0.15, 0.2) is 0 Å². The number of carbonyl (C=O) groups excluding carboxylic acids is 1. The van der Waals surface area contributed by atoms with Gasteiger partial charge < -0.3 is 4.74 Å². The van der Waals surface area contributed by atoms with E-state index in [-0.39, 0.29) is 5.92 Å². The SMILES string of the molecule is O=C(OC1CC2CCC1C2)C(F)(SOOO)C(F)(F)F. The molecule has 0 aromatic rings. The van der Waals surface area contributed by atoms with Crippen molar-refractivity contribution in [2.24, 2.45) is 11.8 Å². The van der Waals surface area contributed by atoms with Gasteiger partial charge in [-0.1, -0.05) is 5.04 Å². The number of halogens is 4. The van der Waals surface area contributed by atoms with Crippen molar-refractivity contribution in [1.82, 2.24) is 0 Å². The van der Waals surface area contributed by atoms with E-state index in [4.69, 9.17) is 5.26 Å². The van der Waals surface area contributed by atoms with E-state index in [0.29, 0.717) is 12.3 Å². The predicted octanol–water partition coefficient (Wildman–Crippen LogP) is 3.02. The average molecular weight is 320 g/mol. The summed E-state index contributed by atoms with van der Waals surface area (Å²) in [6.07, 6.45) is -3.31. The van der Waals surface area contributed by atoms with Crippen LogP contribution in [0.4, 0.5) is 17.6 Å². The first-order chi connectivity index (χ1) is 9.28. The van der Waals surface area contributed by atoms with E-state index in [0.717, 1.165) is 19.3 Å². The highest BCUT2D eigenvalue weighted by Crippen LogP contribution is 2.49. The van der Waals surface area contributed by atoms with Crippen molar-refractivity contribution in [3.63, 3.8) is 0 Å². The number of carbonyl (C=O) groups is 1. The van der Waals surface area contributed by atoms with E-state index in [1.165, 1.54) is 0 Å². The number of rotatable bonds is 5. The fourth-order valence-electron chi connectivity index (χ4n) is 2.80. The Kier molecular flexibility index (Phi) is 4.47. The number of alkyl halides is 4. The van der Waals surface area contributed by atoms with Crippen molar-refractivity contribution >= 4 is 18.0 Å².